The number of hydrogen-bond donors (Lipinski definition) is 0. The highest BCUT2D eigenvalue weighted by Gasteiger charge is 2.55. The maximum Gasteiger partial charge on any atom is 0.303 e. The molecule has 2 fully saturated rings. The van der Waals surface area contributed by atoms with E-state index in [-0.39, 0.29) is 0 Å². The Morgan fingerprint density at radius 2 is 0.976 bits per heavy atom. The standard InChI is InChI=1S/C28H36O13S/c1-13-21(36-15(3)29)23(38-17(5)31)25(40-19(7)33)27(34-13)41-26-24(39-18(6)32)22(37-16(4)30)14(2)35-28(26)42-20-11-9-8-10-12-20/h8-14,21-28H,1-7H3/t13?,14?,21-,22-,23?,24?,25?,26?,27-,28-/m0/s1. The van der Waals surface area contributed by atoms with E-state index >= 15 is 0 Å². The Hall–Kier alpha value is -3.20. The summed E-state index contributed by atoms with van der Waals surface area (Å²) in [7, 11) is 0. The van der Waals surface area contributed by atoms with Crippen LogP contribution < -0.4 is 0 Å². The predicted octanol–water partition coefficient (Wildman–Crippen LogP) is 2.31. The summed E-state index contributed by atoms with van der Waals surface area (Å²) in [6.45, 7) is 9.09. The summed E-state index contributed by atoms with van der Waals surface area (Å²) < 4.78 is 46.2. The van der Waals surface area contributed by atoms with E-state index in [0.717, 1.165) is 18.7 Å². The van der Waals surface area contributed by atoms with E-state index in [0.29, 0.717) is 0 Å². The van der Waals surface area contributed by atoms with E-state index in [4.69, 9.17) is 37.9 Å². The molecule has 14 heteroatoms. The monoisotopic (exact) mass is 612 g/mol. The van der Waals surface area contributed by atoms with Crippen LogP contribution in [0.15, 0.2) is 35.2 Å². The first kappa shape index (κ1) is 33.3. The molecule has 232 valence electrons. The first-order valence-corrected chi connectivity index (χ1v) is 14.2. The molecule has 0 amide bonds. The lowest BCUT2D eigenvalue weighted by Crippen LogP contribution is -2.65. The van der Waals surface area contributed by atoms with Crippen molar-refractivity contribution in [1.82, 2.24) is 0 Å². The van der Waals surface area contributed by atoms with Gasteiger partial charge in [0.15, 0.2) is 36.8 Å². The van der Waals surface area contributed by atoms with Crippen LogP contribution in [0.25, 0.3) is 0 Å². The summed E-state index contributed by atoms with van der Waals surface area (Å²) in [5.74, 6) is -3.49. The van der Waals surface area contributed by atoms with Gasteiger partial charge in [-0.3, -0.25) is 24.0 Å². The number of thioether (sulfide) groups is 1. The van der Waals surface area contributed by atoms with E-state index in [1.165, 1.54) is 32.5 Å². The molecule has 1 aromatic rings. The van der Waals surface area contributed by atoms with Crippen LogP contribution in [0.2, 0.25) is 0 Å². The van der Waals surface area contributed by atoms with Crippen molar-refractivity contribution in [3.8, 4) is 0 Å². The number of carbonyl (C=O) groups excluding carboxylic acids is 5. The molecule has 1 aromatic carbocycles. The van der Waals surface area contributed by atoms with Crippen molar-refractivity contribution in [2.75, 3.05) is 0 Å². The number of hydrogen-bond acceptors (Lipinski definition) is 14. The summed E-state index contributed by atoms with van der Waals surface area (Å²) >= 11 is 1.26. The normalized spacial score (nSPS) is 32.6. The quantitative estimate of drug-likeness (QED) is 0.295. The van der Waals surface area contributed by atoms with Crippen molar-refractivity contribution in [3.05, 3.63) is 30.3 Å². The molecule has 3 rings (SSSR count). The molecule has 2 aliphatic rings. The zero-order valence-electron chi connectivity index (χ0n) is 24.4. The molecule has 2 saturated heterocycles. The highest BCUT2D eigenvalue weighted by Crippen LogP contribution is 2.39. The average Bonchev–Trinajstić information content (AvgIpc) is 2.87. The second-order valence-corrected chi connectivity index (χ2v) is 11.0. The van der Waals surface area contributed by atoms with E-state index in [9.17, 15) is 24.0 Å². The highest BCUT2D eigenvalue weighted by molar-refractivity contribution is 7.99. The topological polar surface area (TPSA) is 159 Å². The van der Waals surface area contributed by atoms with Gasteiger partial charge in [0.2, 0.25) is 0 Å². The molecule has 0 radical (unpaired) electrons. The van der Waals surface area contributed by atoms with Crippen molar-refractivity contribution < 1.29 is 61.9 Å². The molecular weight excluding hydrogens is 576 g/mol. The van der Waals surface area contributed by atoms with E-state index in [2.05, 4.69) is 0 Å². The summed E-state index contributed by atoms with van der Waals surface area (Å²) in [5, 5.41) is 0. The molecule has 0 N–H and O–H groups in total. The summed E-state index contributed by atoms with van der Waals surface area (Å²) in [6.07, 6.45) is -10.4. The number of carbonyl (C=O) groups is 5. The van der Waals surface area contributed by atoms with Crippen LogP contribution in [0.1, 0.15) is 48.5 Å². The lowest BCUT2D eigenvalue weighted by Gasteiger charge is -2.48. The molecule has 2 heterocycles. The number of esters is 5. The Morgan fingerprint density at radius 1 is 0.571 bits per heavy atom. The second kappa shape index (κ2) is 14.8. The molecule has 42 heavy (non-hydrogen) atoms. The third-order valence-corrected chi connectivity index (χ3v) is 7.41. The van der Waals surface area contributed by atoms with Crippen molar-refractivity contribution in [2.45, 2.75) is 114 Å². The van der Waals surface area contributed by atoms with Crippen LogP contribution in [0.5, 0.6) is 0 Å². The third kappa shape index (κ3) is 8.90. The van der Waals surface area contributed by atoms with Crippen LogP contribution in [0.3, 0.4) is 0 Å². The van der Waals surface area contributed by atoms with Gasteiger partial charge < -0.3 is 37.9 Å². The van der Waals surface area contributed by atoms with Gasteiger partial charge in [0.05, 0.1) is 12.2 Å². The predicted molar refractivity (Wildman–Crippen MR) is 144 cm³/mol. The lowest BCUT2D eigenvalue weighted by atomic mass is 9.97. The maximum absolute atomic E-state index is 12.3. The number of benzene rings is 1. The lowest BCUT2D eigenvalue weighted by molar-refractivity contribution is -0.332. The largest absolute Gasteiger partial charge is 0.456 e. The number of rotatable bonds is 9. The van der Waals surface area contributed by atoms with Gasteiger partial charge in [-0.05, 0) is 26.0 Å². The van der Waals surface area contributed by atoms with E-state index < -0.39 is 90.4 Å². The van der Waals surface area contributed by atoms with Crippen molar-refractivity contribution in [2.24, 2.45) is 0 Å². The molecule has 0 bridgehead atoms. The van der Waals surface area contributed by atoms with Gasteiger partial charge in [0.1, 0.15) is 11.5 Å². The fraction of sp³-hybridized carbons (Fsp3) is 0.607. The zero-order valence-corrected chi connectivity index (χ0v) is 25.2. The molecule has 10 atom stereocenters. The summed E-state index contributed by atoms with van der Waals surface area (Å²) in [5.41, 5.74) is -0.853. The maximum atomic E-state index is 12.3. The third-order valence-electron chi connectivity index (χ3n) is 6.25. The van der Waals surface area contributed by atoms with Gasteiger partial charge in [-0.1, -0.05) is 30.0 Å². The van der Waals surface area contributed by atoms with Gasteiger partial charge in [0, 0.05) is 39.5 Å². The molecule has 0 aromatic heterocycles. The molecule has 2 aliphatic heterocycles. The highest BCUT2D eigenvalue weighted by atomic mass is 32.2. The van der Waals surface area contributed by atoms with E-state index in [1.807, 2.05) is 30.3 Å². The van der Waals surface area contributed by atoms with Crippen molar-refractivity contribution >= 4 is 41.6 Å². The first-order valence-electron chi connectivity index (χ1n) is 13.3. The molecule has 0 aliphatic carbocycles. The molecule has 0 spiro atoms. The zero-order chi connectivity index (χ0) is 31.1. The van der Waals surface area contributed by atoms with Crippen molar-refractivity contribution in [1.29, 1.82) is 0 Å². The molecule has 13 nitrogen and oxygen atoms in total. The van der Waals surface area contributed by atoms with Gasteiger partial charge in [-0.15, -0.1) is 0 Å². The van der Waals surface area contributed by atoms with Crippen LogP contribution in [-0.2, 0) is 61.9 Å². The Bertz CT molecular complexity index is 1130. The SMILES string of the molecule is CC(=O)OC1C(OC(C)=O)[C@@H](OC(C)=O)C(C)O[C@H]1OC1C(OC(C)=O)[C@@H](OC(C)=O)C(C)O[C@H]1Sc1ccccc1. The van der Waals surface area contributed by atoms with Crippen LogP contribution in [0, 0.1) is 0 Å². The van der Waals surface area contributed by atoms with Gasteiger partial charge in [-0.25, -0.2) is 0 Å². The summed E-state index contributed by atoms with van der Waals surface area (Å²) in [4.78, 5) is 61.2. The smallest absolute Gasteiger partial charge is 0.303 e. The molecule has 0 saturated carbocycles. The minimum atomic E-state index is -1.43. The fourth-order valence-corrected chi connectivity index (χ4v) is 5.93. The van der Waals surface area contributed by atoms with Gasteiger partial charge in [-0.2, -0.15) is 0 Å². The Morgan fingerprint density at radius 3 is 1.45 bits per heavy atom. The fourth-order valence-electron chi connectivity index (χ4n) is 4.76. The number of ether oxygens (including phenoxy) is 8. The van der Waals surface area contributed by atoms with E-state index in [1.54, 1.807) is 13.8 Å². The van der Waals surface area contributed by atoms with Gasteiger partial charge >= 0.3 is 29.8 Å². The Kier molecular flexibility index (Phi) is 11.7. The minimum Gasteiger partial charge on any atom is -0.456 e. The van der Waals surface area contributed by atoms with Crippen LogP contribution in [0.4, 0.5) is 0 Å². The Balaban J connectivity index is 2.07. The molecule has 6 unspecified atom stereocenters. The second-order valence-electron chi connectivity index (χ2n) is 9.82. The summed E-state index contributed by atoms with van der Waals surface area (Å²) in [6, 6.07) is 9.19. The average molecular weight is 613 g/mol. The Labute approximate surface area is 247 Å². The van der Waals surface area contributed by atoms with Crippen LogP contribution >= 0.6 is 11.8 Å². The van der Waals surface area contributed by atoms with Gasteiger partial charge in [0.25, 0.3) is 0 Å². The van der Waals surface area contributed by atoms with Crippen molar-refractivity contribution in [3.63, 3.8) is 0 Å². The minimum absolute atomic E-state index is 0.639. The first-order chi connectivity index (χ1) is 19.8. The molecular formula is C28H36O13S. The van der Waals surface area contributed by atoms with Crippen LogP contribution in [-0.4, -0.2) is 90.4 Å².